The van der Waals surface area contributed by atoms with Crippen molar-refractivity contribution in [1.29, 1.82) is 0 Å². The number of nitrogens with one attached hydrogen (secondary N) is 1. The minimum atomic E-state index is -3.87. The summed E-state index contributed by atoms with van der Waals surface area (Å²) >= 11 is 6.61. The molecule has 2 aromatic carbocycles. The van der Waals surface area contributed by atoms with Crippen LogP contribution in [0.5, 0.6) is 0 Å². The van der Waals surface area contributed by atoms with Gasteiger partial charge in [-0.05, 0) is 79.8 Å². The normalized spacial score (nSPS) is 20.0. The number of carbonyl (C=O) groups excluding carboxylic acids is 1. The van der Waals surface area contributed by atoms with Crippen LogP contribution < -0.4 is 10.5 Å². The van der Waals surface area contributed by atoms with E-state index in [0.29, 0.717) is 23.6 Å². The van der Waals surface area contributed by atoms with Crippen LogP contribution >= 0.6 is 11.6 Å². The molecule has 3 aliphatic rings. The highest BCUT2D eigenvalue weighted by Gasteiger charge is 2.67. The summed E-state index contributed by atoms with van der Waals surface area (Å²) in [4.78, 5) is 18.6. The highest BCUT2D eigenvalue weighted by Crippen LogP contribution is 2.68. The number of alkyl halides is 4. The van der Waals surface area contributed by atoms with Gasteiger partial charge in [-0.15, -0.1) is 0 Å². The smallest absolute Gasteiger partial charge is 0.293 e. The van der Waals surface area contributed by atoms with Crippen LogP contribution in [0.3, 0.4) is 0 Å². The van der Waals surface area contributed by atoms with Crippen molar-refractivity contribution in [3.05, 3.63) is 93.0 Å². The Morgan fingerprint density at radius 1 is 1.09 bits per heavy atom. The Morgan fingerprint density at radius 3 is 2.39 bits per heavy atom. The Labute approximate surface area is 326 Å². The molecule has 2 fully saturated rings. The molecule has 57 heavy (non-hydrogen) atoms. The second kappa shape index (κ2) is 13.5. The number of carbonyl (C=O) groups is 1. The molecule has 0 spiro atoms. The number of aromatic nitrogens is 5. The number of nitrogens with two attached hydrogens (primary N) is 1. The number of rotatable bonds is 10. The molecule has 0 aliphatic heterocycles. The van der Waals surface area contributed by atoms with Crippen LogP contribution in [-0.4, -0.2) is 55.8 Å². The number of aryl methyl sites for hydroxylation is 1. The van der Waals surface area contributed by atoms with Crippen LogP contribution in [0, 0.1) is 29.4 Å². The fourth-order valence-corrected chi connectivity index (χ4v) is 8.90. The maximum atomic E-state index is 16.1. The molecule has 1 amide bonds. The highest BCUT2D eigenvalue weighted by atomic mass is 35.5. The molecule has 298 valence electrons. The average molecular weight is 832 g/mol. The minimum Gasteiger partial charge on any atom is -0.378 e. The summed E-state index contributed by atoms with van der Waals surface area (Å²) in [5.74, 6) is -5.33. The van der Waals surface area contributed by atoms with Gasteiger partial charge in [-0.25, -0.2) is 35.6 Å². The van der Waals surface area contributed by atoms with Crippen molar-refractivity contribution in [2.75, 3.05) is 11.0 Å². The molecule has 19 heteroatoms. The number of benzene rings is 2. The molecule has 0 saturated heterocycles. The lowest BCUT2D eigenvalue weighted by Crippen LogP contribution is -2.37. The molecule has 4 N–H and O–H groups in total. The van der Waals surface area contributed by atoms with E-state index in [-0.39, 0.29) is 61.8 Å². The van der Waals surface area contributed by atoms with Crippen molar-refractivity contribution in [1.82, 2.24) is 24.5 Å². The summed E-state index contributed by atoms with van der Waals surface area (Å²) in [6.07, 6.45) is -1.47. The predicted molar refractivity (Wildman–Crippen MR) is 196 cm³/mol. The van der Waals surface area contributed by atoms with Gasteiger partial charge in [0.2, 0.25) is 15.9 Å². The molecule has 3 aromatic heterocycles. The van der Waals surface area contributed by atoms with Crippen LogP contribution in [-0.2, 0) is 34.2 Å². The summed E-state index contributed by atoms with van der Waals surface area (Å²) in [5.41, 5.74) is 2.99. The van der Waals surface area contributed by atoms with Gasteiger partial charge in [0, 0.05) is 41.6 Å². The van der Waals surface area contributed by atoms with Crippen LogP contribution in [0.25, 0.3) is 22.0 Å². The van der Waals surface area contributed by atoms with Crippen LogP contribution in [0.15, 0.2) is 42.5 Å². The number of aliphatic hydroxyl groups is 1. The number of fused-ring (bicyclic) bond motifs is 4. The third-order valence-electron chi connectivity index (χ3n) is 10.8. The van der Waals surface area contributed by atoms with Gasteiger partial charge in [0.25, 0.3) is 12.3 Å². The van der Waals surface area contributed by atoms with E-state index in [1.165, 1.54) is 36.0 Å². The fraction of sp³-hybridized carbons (Fsp3) is 0.368. The molecule has 1 unspecified atom stereocenters. The molecular weight excluding hydrogens is 800 g/mol. The van der Waals surface area contributed by atoms with Crippen molar-refractivity contribution in [2.45, 2.75) is 67.9 Å². The number of nitrogens with zero attached hydrogens (tertiary/aromatic N) is 5. The molecule has 3 aliphatic carbocycles. The summed E-state index contributed by atoms with van der Waals surface area (Å²) in [5, 5.41) is 19.2. The third-order valence-corrected chi connectivity index (χ3v) is 11.7. The Kier molecular flexibility index (Phi) is 9.17. The molecule has 0 radical (unpaired) electrons. The van der Waals surface area contributed by atoms with E-state index >= 15 is 8.78 Å². The number of anilines is 1. The van der Waals surface area contributed by atoms with E-state index < -0.39 is 87.1 Å². The lowest BCUT2D eigenvalue weighted by molar-refractivity contribution is -0.122. The number of pyridine rings is 1. The lowest BCUT2D eigenvalue weighted by Gasteiger charge is -2.31. The maximum absolute atomic E-state index is 16.1. The van der Waals surface area contributed by atoms with Gasteiger partial charge < -0.3 is 10.8 Å². The van der Waals surface area contributed by atoms with Gasteiger partial charge in [-0.1, -0.05) is 23.6 Å². The summed E-state index contributed by atoms with van der Waals surface area (Å²) in [6.45, 7) is 0. The van der Waals surface area contributed by atoms with Gasteiger partial charge in [-0.3, -0.25) is 14.2 Å². The standard InChI is InChI=1S/C38H32ClF6N7O4S/c1-51-31-22(6-7-26(39)28(31)36(49-51)50-57(2,55)56)21-5-4-20(8-11-37(54)9-3-10-37)47-29(21)24(14-17-12-18(40)15-19(41)13-17)32(35(46)53)52-33-27(30(48-52)34(42)43)23-16-25(23)38(33,44)45/h4-7,12-13,15,23-25,32,34,54H,3,9-10,14,16H2,1-2H3,(H2,46,53)(H,49,50)/t23-,24+,25+,32?/m0/s1. The number of hydrogen-bond acceptors (Lipinski definition) is 7. The molecule has 2 saturated carbocycles. The number of sulfonamides is 1. The van der Waals surface area contributed by atoms with E-state index in [0.717, 1.165) is 24.8 Å². The molecule has 4 atom stereocenters. The van der Waals surface area contributed by atoms with Gasteiger partial charge >= 0.3 is 0 Å². The first-order chi connectivity index (χ1) is 26.8. The van der Waals surface area contributed by atoms with Crippen molar-refractivity contribution in [2.24, 2.45) is 18.7 Å². The summed E-state index contributed by atoms with van der Waals surface area (Å²) < 4.78 is 120. The van der Waals surface area contributed by atoms with Crippen LogP contribution in [0.4, 0.5) is 32.2 Å². The van der Waals surface area contributed by atoms with E-state index in [4.69, 9.17) is 22.3 Å². The van der Waals surface area contributed by atoms with Gasteiger partial charge in [0.1, 0.15) is 40.4 Å². The Morgan fingerprint density at radius 2 is 1.77 bits per heavy atom. The lowest BCUT2D eigenvalue weighted by atomic mass is 9.81. The van der Waals surface area contributed by atoms with Crippen molar-refractivity contribution < 1.29 is 44.7 Å². The first-order valence-electron chi connectivity index (χ1n) is 17.7. The van der Waals surface area contributed by atoms with Crippen molar-refractivity contribution in [3.63, 3.8) is 0 Å². The molecular formula is C38H32ClF6N7O4S. The Bertz CT molecular complexity index is 2670. The van der Waals surface area contributed by atoms with E-state index in [1.54, 1.807) is 0 Å². The minimum absolute atomic E-state index is 0.0212. The van der Waals surface area contributed by atoms with Gasteiger partial charge in [-0.2, -0.15) is 19.0 Å². The SMILES string of the molecule is Cn1nc(NS(C)(=O)=O)c2c(Cl)ccc(-c3ccc(C#CC4(O)CCC4)nc3[C@@H](Cc3cc(F)cc(F)c3)C(C(N)=O)n3nc(C(F)F)c4c3C(F)(F)[C@@H]3C[C@H]43)c21. The zero-order valence-corrected chi connectivity index (χ0v) is 31.6. The highest BCUT2D eigenvalue weighted by molar-refractivity contribution is 7.92. The second-order valence-corrected chi connectivity index (χ2v) is 17.0. The van der Waals surface area contributed by atoms with E-state index in [9.17, 15) is 35.9 Å². The van der Waals surface area contributed by atoms with Crippen molar-refractivity contribution >= 4 is 44.3 Å². The molecule has 11 nitrogen and oxygen atoms in total. The molecule has 8 rings (SSSR count). The Hall–Kier alpha value is -5.12. The zero-order valence-electron chi connectivity index (χ0n) is 30.0. The largest absolute Gasteiger partial charge is 0.378 e. The number of hydrogen-bond donors (Lipinski definition) is 3. The van der Waals surface area contributed by atoms with E-state index in [1.807, 2.05) is 0 Å². The predicted octanol–water partition coefficient (Wildman–Crippen LogP) is 6.60. The fourth-order valence-electron chi connectivity index (χ4n) is 8.16. The number of halogens is 7. The van der Waals surface area contributed by atoms with Gasteiger partial charge in [0.05, 0.1) is 27.9 Å². The Balaban J connectivity index is 1.42. The first kappa shape index (κ1) is 38.7. The molecule has 5 aromatic rings. The first-order valence-corrected chi connectivity index (χ1v) is 20.0. The molecule has 3 heterocycles. The summed E-state index contributed by atoms with van der Waals surface area (Å²) in [7, 11) is -2.38. The maximum Gasteiger partial charge on any atom is 0.293 e. The topological polar surface area (TPSA) is 158 Å². The summed E-state index contributed by atoms with van der Waals surface area (Å²) in [6, 6.07) is 6.44. The number of primary amides is 1. The number of amides is 1. The monoisotopic (exact) mass is 831 g/mol. The molecule has 0 bridgehead atoms. The van der Waals surface area contributed by atoms with Crippen LogP contribution in [0.2, 0.25) is 5.02 Å². The van der Waals surface area contributed by atoms with Crippen molar-refractivity contribution in [3.8, 4) is 23.0 Å². The van der Waals surface area contributed by atoms with Gasteiger partial charge in [0.15, 0.2) is 5.82 Å². The average Bonchev–Trinajstić information content (AvgIpc) is 3.63. The van der Waals surface area contributed by atoms with Crippen LogP contribution in [0.1, 0.15) is 83.9 Å². The van der Waals surface area contributed by atoms with E-state index in [2.05, 4.69) is 26.8 Å². The second-order valence-electron chi connectivity index (χ2n) is 14.8. The zero-order chi connectivity index (χ0) is 40.9. The third kappa shape index (κ3) is 6.78. The quantitative estimate of drug-likeness (QED) is 0.106.